The van der Waals surface area contributed by atoms with Crippen LogP contribution >= 0.6 is 0 Å². The Morgan fingerprint density at radius 3 is 2.21 bits per heavy atom. The number of carbonyl (C=O) groups is 3. The lowest BCUT2D eigenvalue weighted by molar-refractivity contribution is -0.148. The number of likely N-dealkylation sites (N-methyl/N-ethyl adjacent to an activating group) is 1. The molecule has 1 aromatic rings. The van der Waals surface area contributed by atoms with Crippen LogP contribution in [0.2, 0.25) is 0 Å². The summed E-state index contributed by atoms with van der Waals surface area (Å²) in [7, 11) is 3.10. The summed E-state index contributed by atoms with van der Waals surface area (Å²) in [5.41, 5.74) is -0.773. The van der Waals surface area contributed by atoms with Gasteiger partial charge >= 0.3 is 5.97 Å². The average Bonchev–Trinajstić information content (AvgIpc) is 2.70. The lowest BCUT2D eigenvalue weighted by atomic mass is 9.78. The number of hydrogen-bond acceptors (Lipinski definition) is 4. The summed E-state index contributed by atoms with van der Waals surface area (Å²) >= 11 is 0. The van der Waals surface area contributed by atoms with Crippen molar-refractivity contribution in [1.82, 2.24) is 10.2 Å². The highest BCUT2D eigenvalue weighted by Crippen LogP contribution is 2.30. The van der Waals surface area contributed by atoms with Gasteiger partial charge in [0.15, 0.2) is 0 Å². The molecule has 0 bridgehead atoms. The number of nitrogens with one attached hydrogen (secondary N) is 1. The van der Waals surface area contributed by atoms with Crippen LogP contribution < -0.4 is 5.32 Å². The van der Waals surface area contributed by atoms with Gasteiger partial charge in [0.2, 0.25) is 11.8 Å². The average molecular weight is 385 g/mol. The monoisotopic (exact) mass is 385 g/mol. The van der Waals surface area contributed by atoms with Gasteiger partial charge in [-0.2, -0.15) is 5.26 Å². The summed E-state index contributed by atoms with van der Waals surface area (Å²) in [5.74, 6) is -2.33. The molecule has 1 aliphatic rings. The van der Waals surface area contributed by atoms with Gasteiger partial charge in [-0.25, -0.2) is 4.79 Å². The van der Waals surface area contributed by atoms with Crippen molar-refractivity contribution >= 4 is 17.8 Å². The van der Waals surface area contributed by atoms with Gasteiger partial charge in [-0.15, -0.1) is 0 Å². The van der Waals surface area contributed by atoms with Crippen LogP contribution in [-0.4, -0.2) is 47.9 Å². The second-order valence-electron chi connectivity index (χ2n) is 7.70. The van der Waals surface area contributed by atoms with E-state index in [4.69, 9.17) is 5.26 Å². The van der Waals surface area contributed by atoms with E-state index in [1.165, 1.54) is 11.8 Å². The smallest absolute Gasteiger partial charge is 0.326 e. The van der Waals surface area contributed by atoms with Crippen LogP contribution in [-0.2, 0) is 19.8 Å². The fourth-order valence-electron chi connectivity index (χ4n) is 3.81. The summed E-state index contributed by atoms with van der Waals surface area (Å²) < 4.78 is 0. The quantitative estimate of drug-likeness (QED) is 0.728. The molecule has 2 rings (SSSR count). The first-order valence-electron chi connectivity index (χ1n) is 9.48. The topological polar surface area (TPSA) is 110 Å². The zero-order valence-electron chi connectivity index (χ0n) is 16.6. The molecule has 150 valence electrons. The summed E-state index contributed by atoms with van der Waals surface area (Å²) in [6, 6.07) is 7.19. The lowest BCUT2D eigenvalue weighted by Crippen LogP contribution is -2.57. The fraction of sp³-hybridized carbons (Fsp3) is 0.524. The van der Waals surface area contributed by atoms with Crippen molar-refractivity contribution in [2.45, 2.75) is 50.5 Å². The Hall–Kier alpha value is -2.88. The van der Waals surface area contributed by atoms with Crippen LogP contribution in [0, 0.1) is 17.2 Å². The third kappa shape index (κ3) is 4.33. The molecule has 0 aromatic heterocycles. The minimum atomic E-state index is -1.60. The molecule has 7 nitrogen and oxygen atoms in total. The number of hydrogen-bond donors (Lipinski definition) is 2. The van der Waals surface area contributed by atoms with Crippen molar-refractivity contribution in [3.8, 4) is 6.07 Å². The molecule has 2 amide bonds. The van der Waals surface area contributed by atoms with Gasteiger partial charge in [0, 0.05) is 14.1 Å². The van der Waals surface area contributed by atoms with Crippen LogP contribution in [0.5, 0.6) is 0 Å². The maximum Gasteiger partial charge on any atom is 0.326 e. The number of nitriles is 1. The molecule has 0 heterocycles. The van der Waals surface area contributed by atoms with E-state index in [0.29, 0.717) is 11.1 Å². The van der Waals surface area contributed by atoms with E-state index in [2.05, 4.69) is 5.32 Å². The van der Waals surface area contributed by atoms with E-state index in [9.17, 15) is 19.5 Å². The summed E-state index contributed by atoms with van der Waals surface area (Å²) in [6.07, 6.45) is 4.43. The number of carboxylic acids is 1. The molecule has 1 fully saturated rings. The largest absolute Gasteiger partial charge is 0.480 e. The summed E-state index contributed by atoms with van der Waals surface area (Å²) in [5, 5.41) is 21.3. The highest BCUT2D eigenvalue weighted by atomic mass is 16.4. The highest BCUT2D eigenvalue weighted by molar-refractivity contribution is 6.11. The molecule has 0 saturated heterocycles. The van der Waals surface area contributed by atoms with Gasteiger partial charge in [-0.1, -0.05) is 31.4 Å². The Morgan fingerprint density at radius 1 is 1.18 bits per heavy atom. The molecular formula is C21H27N3O4. The van der Waals surface area contributed by atoms with E-state index >= 15 is 0 Å². The molecule has 0 spiro atoms. The minimum Gasteiger partial charge on any atom is -0.480 e. The van der Waals surface area contributed by atoms with Crippen LogP contribution in [0.3, 0.4) is 0 Å². The number of rotatable bonds is 6. The molecule has 1 aromatic carbocycles. The van der Waals surface area contributed by atoms with E-state index in [1.807, 2.05) is 6.07 Å². The SMILES string of the molecule is CN(C)C(=O)C(C)(C(=O)N[C@H](C(=O)O)C1CCCCC1)c1ccc(C#N)cc1. The number of carboxylic acid groups (broad SMARTS) is 1. The van der Waals surface area contributed by atoms with Crippen molar-refractivity contribution in [2.75, 3.05) is 14.1 Å². The van der Waals surface area contributed by atoms with E-state index in [-0.39, 0.29) is 5.92 Å². The van der Waals surface area contributed by atoms with E-state index in [0.717, 1.165) is 32.1 Å². The molecule has 0 radical (unpaired) electrons. The van der Waals surface area contributed by atoms with Gasteiger partial charge in [0.25, 0.3) is 0 Å². The molecule has 1 unspecified atom stereocenters. The van der Waals surface area contributed by atoms with Gasteiger partial charge in [0.05, 0.1) is 11.6 Å². The molecule has 7 heteroatoms. The Labute approximate surface area is 165 Å². The number of aliphatic carboxylic acids is 1. The first-order chi connectivity index (χ1) is 13.2. The van der Waals surface area contributed by atoms with Crippen molar-refractivity contribution in [3.63, 3.8) is 0 Å². The van der Waals surface area contributed by atoms with Crippen molar-refractivity contribution in [1.29, 1.82) is 5.26 Å². The first-order valence-corrected chi connectivity index (χ1v) is 9.48. The van der Waals surface area contributed by atoms with Gasteiger partial charge in [-0.3, -0.25) is 9.59 Å². The maximum absolute atomic E-state index is 13.2. The molecular weight excluding hydrogens is 358 g/mol. The highest BCUT2D eigenvalue weighted by Gasteiger charge is 2.46. The number of benzene rings is 1. The van der Waals surface area contributed by atoms with Gasteiger partial charge < -0.3 is 15.3 Å². The predicted octanol–water partition coefficient (Wildman–Crippen LogP) is 2.05. The van der Waals surface area contributed by atoms with Gasteiger partial charge in [0.1, 0.15) is 11.5 Å². The van der Waals surface area contributed by atoms with Crippen LogP contribution in [0.1, 0.15) is 50.2 Å². The van der Waals surface area contributed by atoms with Gasteiger partial charge in [-0.05, 0) is 43.4 Å². The Bertz CT molecular complexity index is 776. The molecule has 1 aliphatic carbocycles. The zero-order chi connectivity index (χ0) is 20.9. The van der Waals surface area contributed by atoms with Crippen molar-refractivity contribution in [3.05, 3.63) is 35.4 Å². The third-order valence-electron chi connectivity index (χ3n) is 5.55. The molecule has 0 aliphatic heterocycles. The molecule has 2 atom stereocenters. The molecule has 2 N–H and O–H groups in total. The van der Waals surface area contributed by atoms with Crippen LogP contribution in [0.25, 0.3) is 0 Å². The summed E-state index contributed by atoms with van der Waals surface area (Å²) in [4.78, 5) is 39.3. The maximum atomic E-state index is 13.2. The van der Waals surface area contributed by atoms with Crippen molar-refractivity contribution < 1.29 is 19.5 Å². The third-order valence-corrected chi connectivity index (χ3v) is 5.55. The first kappa shape index (κ1) is 21.4. The van der Waals surface area contributed by atoms with Crippen LogP contribution in [0.4, 0.5) is 0 Å². The zero-order valence-corrected chi connectivity index (χ0v) is 16.6. The Kier molecular flexibility index (Phi) is 6.79. The molecule has 1 saturated carbocycles. The fourth-order valence-corrected chi connectivity index (χ4v) is 3.81. The molecule has 28 heavy (non-hydrogen) atoms. The summed E-state index contributed by atoms with van der Waals surface area (Å²) in [6.45, 7) is 1.49. The van der Waals surface area contributed by atoms with E-state index < -0.39 is 29.2 Å². The number of amides is 2. The predicted molar refractivity (Wildman–Crippen MR) is 103 cm³/mol. The minimum absolute atomic E-state index is 0.144. The second-order valence-corrected chi connectivity index (χ2v) is 7.70. The van der Waals surface area contributed by atoms with Crippen LogP contribution in [0.15, 0.2) is 24.3 Å². The normalized spacial score (nSPS) is 17.6. The van der Waals surface area contributed by atoms with Crippen molar-refractivity contribution in [2.24, 2.45) is 5.92 Å². The van der Waals surface area contributed by atoms with E-state index in [1.54, 1.807) is 38.4 Å². The standard InChI is InChI=1S/C21H27N3O4/c1-21(20(28)24(2)3,16-11-9-14(13-22)10-12-16)19(27)23-17(18(25)26)15-7-5-4-6-8-15/h9-12,15,17H,4-8H2,1-3H3,(H,23,27)(H,25,26)/t17-,21?/m0/s1. The Balaban J connectivity index is 2.38. The lowest BCUT2D eigenvalue weighted by Gasteiger charge is -2.34. The second kappa shape index (κ2) is 8.87. The number of nitrogens with zero attached hydrogens (tertiary/aromatic N) is 2. The number of carbonyl (C=O) groups excluding carboxylic acids is 2. The Morgan fingerprint density at radius 2 is 1.75 bits per heavy atom.